The maximum Gasteiger partial charge on any atom is 0.157 e. The highest BCUT2D eigenvalue weighted by atomic mass is 32.2. The number of aromatic nitrogens is 2. The Bertz CT molecular complexity index is 876. The van der Waals surface area contributed by atoms with Gasteiger partial charge in [0.2, 0.25) is 0 Å². The molecule has 1 fully saturated rings. The van der Waals surface area contributed by atoms with E-state index in [4.69, 9.17) is 0 Å². The Labute approximate surface area is 148 Å². The zero-order valence-corrected chi connectivity index (χ0v) is 15.0. The molecule has 1 aliphatic heterocycles. The van der Waals surface area contributed by atoms with Crippen LogP contribution in [0.25, 0.3) is 0 Å². The van der Waals surface area contributed by atoms with Gasteiger partial charge in [0.25, 0.3) is 0 Å². The predicted octanol–water partition coefficient (Wildman–Crippen LogP) is 2.50. The fraction of sp³-hybridized carbons (Fsp3) is 0.444. The van der Waals surface area contributed by atoms with E-state index in [1.807, 2.05) is 18.3 Å². The first-order valence-electron chi connectivity index (χ1n) is 8.64. The number of nitrogens with one attached hydrogen (secondary N) is 2. The molecule has 1 atom stereocenters. The lowest BCUT2D eigenvalue weighted by Gasteiger charge is -2.23. The average molecular weight is 358 g/mol. The number of anilines is 2. The molecule has 6 nitrogen and oxygen atoms in total. The van der Waals surface area contributed by atoms with E-state index in [1.165, 1.54) is 11.1 Å². The van der Waals surface area contributed by atoms with E-state index in [-0.39, 0.29) is 11.0 Å². The second kappa shape index (κ2) is 6.38. The molecule has 2 aromatic rings. The van der Waals surface area contributed by atoms with E-state index < -0.39 is 9.84 Å². The van der Waals surface area contributed by atoms with Crippen molar-refractivity contribution in [2.75, 3.05) is 11.9 Å². The third-order valence-corrected chi connectivity index (χ3v) is 7.03. The number of fused-ring (bicyclic) bond motifs is 1. The second-order valence-electron chi connectivity index (χ2n) is 6.98. The summed E-state index contributed by atoms with van der Waals surface area (Å²) in [6.07, 6.45) is 5.16. The zero-order valence-electron chi connectivity index (χ0n) is 14.2. The van der Waals surface area contributed by atoms with Crippen LogP contribution in [-0.2, 0) is 22.1 Å². The normalized spacial score (nSPS) is 20.1. The van der Waals surface area contributed by atoms with Gasteiger partial charge in [-0.05, 0) is 47.6 Å². The van der Waals surface area contributed by atoms with E-state index in [0.29, 0.717) is 11.7 Å². The summed E-state index contributed by atoms with van der Waals surface area (Å²) >= 11 is 0. The molecule has 2 aliphatic rings. The quantitative estimate of drug-likeness (QED) is 0.854. The van der Waals surface area contributed by atoms with E-state index in [0.717, 1.165) is 37.3 Å². The number of rotatable bonds is 5. The number of hydrogen-bond acceptors (Lipinski definition) is 6. The molecule has 3 heterocycles. The van der Waals surface area contributed by atoms with Crippen LogP contribution in [0.15, 0.2) is 30.6 Å². The lowest BCUT2D eigenvalue weighted by molar-refractivity contribution is 0.569. The van der Waals surface area contributed by atoms with Crippen molar-refractivity contribution in [3.8, 4) is 0 Å². The predicted molar refractivity (Wildman–Crippen MR) is 97.5 cm³/mol. The van der Waals surface area contributed by atoms with Gasteiger partial charge in [-0.15, -0.1) is 0 Å². The minimum Gasteiger partial charge on any atom is -0.325 e. The van der Waals surface area contributed by atoms with Crippen molar-refractivity contribution in [3.63, 3.8) is 0 Å². The van der Waals surface area contributed by atoms with E-state index in [1.54, 1.807) is 12.3 Å². The molecule has 0 saturated heterocycles. The van der Waals surface area contributed by atoms with Crippen LogP contribution >= 0.6 is 0 Å². The van der Waals surface area contributed by atoms with Crippen molar-refractivity contribution in [1.82, 2.24) is 15.3 Å². The molecule has 2 aromatic heterocycles. The Morgan fingerprint density at radius 2 is 2.00 bits per heavy atom. The first-order valence-corrected chi connectivity index (χ1v) is 10.4. The number of sulfone groups is 1. The van der Waals surface area contributed by atoms with Crippen molar-refractivity contribution in [1.29, 1.82) is 0 Å². The lowest BCUT2D eigenvalue weighted by Crippen LogP contribution is -2.26. The zero-order chi connectivity index (χ0) is 17.4. The van der Waals surface area contributed by atoms with Crippen molar-refractivity contribution in [2.45, 2.75) is 43.2 Å². The van der Waals surface area contributed by atoms with Crippen LogP contribution in [0.1, 0.15) is 42.4 Å². The summed E-state index contributed by atoms with van der Waals surface area (Å²) in [5.74, 6) is 1.96. The molecule has 1 saturated carbocycles. The molecule has 0 amide bonds. The van der Waals surface area contributed by atoms with Crippen LogP contribution in [0.2, 0.25) is 0 Å². The van der Waals surface area contributed by atoms with Crippen LogP contribution in [0.3, 0.4) is 0 Å². The number of pyridine rings is 2. The molecule has 0 aromatic carbocycles. The van der Waals surface area contributed by atoms with E-state index >= 15 is 0 Å². The van der Waals surface area contributed by atoms with Crippen molar-refractivity contribution >= 4 is 21.5 Å². The Kier molecular flexibility index (Phi) is 4.21. The first kappa shape index (κ1) is 16.5. The summed E-state index contributed by atoms with van der Waals surface area (Å²) in [6, 6.07) is 5.67. The Hall–Kier alpha value is -1.99. The highest BCUT2D eigenvalue weighted by Gasteiger charge is 2.35. The van der Waals surface area contributed by atoms with Gasteiger partial charge in [-0.2, -0.15) is 0 Å². The maximum absolute atomic E-state index is 12.0. The van der Waals surface area contributed by atoms with Gasteiger partial charge in [0.1, 0.15) is 11.6 Å². The van der Waals surface area contributed by atoms with Gasteiger partial charge in [-0.25, -0.2) is 18.4 Å². The third-order valence-electron chi connectivity index (χ3n) is 4.80. The number of nitrogens with zero attached hydrogens (tertiary/aromatic N) is 2. The van der Waals surface area contributed by atoms with Gasteiger partial charge in [0, 0.05) is 25.5 Å². The fourth-order valence-electron chi connectivity index (χ4n) is 3.20. The average Bonchev–Trinajstić information content (AvgIpc) is 3.42. The van der Waals surface area contributed by atoms with Crippen LogP contribution in [0.4, 0.5) is 11.6 Å². The molecule has 7 heteroatoms. The van der Waals surface area contributed by atoms with Gasteiger partial charge in [0.15, 0.2) is 9.84 Å². The summed E-state index contributed by atoms with van der Waals surface area (Å²) in [7, 11) is -3.01. The van der Waals surface area contributed by atoms with E-state index in [9.17, 15) is 8.42 Å². The largest absolute Gasteiger partial charge is 0.325 e. The minimum atomic E-state index is -3.01. The highest BCUT2D eigenvalue weighted by Crippen LogP contribution is 2.31. The topological polar surface area (TPSA) is 84.0 Å². The Morgan fingerprint density at radius 3 is 2.72 bits per heavy atom. The monoisotopic (exact) mass is 358 g/mol. The molecule has 4 rings (SSSR count). The molecule has 0 spiro atoms. The number of hydrogen-bond donors (Lipinski definition) is 2. The molecular weight excluding hydrogens is 336 g/mol. The van der Waals surface area contributed by atoms with Gasteiger partial charge < -0.3 is 10.6 Å². The summed E-state index contributed by atoms with van der Waals surface area (Å²) < 4.78 is 24.1. The van der Waals surface area contributed by atoms with Gasteiger partial charge in [0.05, 0.1) is 11.0 Å². The molecular formula is C18H22N4O2S. The lowest BCUT2D eigenvalue weighted by atomic mass is 9.94. The SMILES string of the molecule is C[C@H]1CNCc2cc(Nc3ccc(CS(=O)(=O)C4CC4)cn3)ncc21. The first-order chi connectivity index (χ1) is 12.0. The van der Waals surface area contributed by atoms with Gasteiger partial charge in [-0.3, -0.25) is 0 Å². The summed E-state index contributed by atoms with van der Waals surface area (Å²) in [4.78, 5) is 8.81. The Balaban J connectivity index is 1.46. The Morgan fingerprint density at radius 1 is 1.20 bits per heavy atom. The van der Waals surface area contributed by atoms with E-state index in [2.05, 4.69) is 27.5 Å². The van der Waals surface area contributed by atoms with Gasteiger partial charge in [-0.1, -0.05) is 13.0 Å². The summed E-state index contributed by atoms with van der Waals surface area (Å²) in [6.45, 7) is 4.02. The molecule has 0 bridgehead atoms. The molecule has 0 unspecified atom stereocenters. The molecule has 1 aliphatic carbocycles. The summed E-state index contributed by atoms with van der Waals surface area (Å²) in [5.41, 5.74) is 3.27. The molecule has 25 heavy (non-hydrogen) atoms. The molecule has 2 N–H and O–H groups in total. The smallest absolute Gasteiger partial charge is 0.157 e. The fourth-order valence-corrected chi connectivity index (χ4v) is 4.92. The van der Waals surface area contributed by atoms with Crippen molar-refractivity contribution < 1.29 is 8.42 Å². The highest BCUT2D eigenvalue weighted by molar-refractivity contribution is 7.91. The third kappa shape index (κ3) is 3.67. The van der Waals surface area contributed by atoms with Crippen molar-refractivity contribution in [3.05, 3.63) is 47.3 Å². The maximum atomic E-state index is 12.0. The molecule has 0 radical (unpaired) electrons. The van der Waals surface area contributed by atoms with Gasteiger partial charge >= 0.3 is 0 Å². The summed E-state index contributed by atoms with van der Waals surface area (Å²) in [5, 5.41) is 6.45. The van der Waals surface area contributed by atoms with Crippen LogP contribution < -0.4 is 10.6 Å². The van der Waals surface area contributed by atoms with Crippen LogP contribution in [0, 0.1) is 0 Å². The minimum absolute atomic E-state index is 0.0750. The second-order valence-corrected chi connectivity index (χ2v) is 9.26. The molecule has 132 valence electrons. The van der Waals surface area contributed by atoms with Crippen LogP contribution in [-0.4, -0.2) is 30.2 Å². The van der Waals surface area contributed by atoms with Crippen LogP contribution in [0.5, 0.6) is 0 Å². The standard InChI is InChI=1S/C18H22N4O2S/c1-12-7-19-9-14-6-18(21-10-16(12)14)22-17-5-2-13(8-20-17)11-25(23,24)15-3-4-15/h2,5-6,8,10,12,15,19H,3-4,7,9,11H2,1H3,(H,20,21,22)/t12-/m0/s1. The van der Waals surface area contributed by atoms with Crippen molar-refractivity contribution in [2.24, 2.45) is 0 Å².